The molecule has 0 radical (unpaired) electrons. The Hall–Kier alpha value is -0.950. The van der Waals surface area contributed by atoms with Crippen molar-refractivity contribution in [3.63, 3.8) is 0 Å². The van der Waals surface area contributed by atoms with Crippen molar-refractivity contribution in [2.75, 3.05) is 33.0 Å². The molecule has 0 aromatic heterocycles. The summed E-state index contributed by atoms with van der Waals surface area (Å²) < 4.78 is 9.42. The summed E-state index contributed by atoms with van der Waals surface area (Å²) in [6.07, 6.45) is 1.88. The number of hydrogen-bond acceptors (Lipinski definition) is 6. The van der Waals surface area contributed by atoms with Gasteiger partial charge in [0.05, 0.1) is 26.4 Å². The number of rotatable bonds is 7. The lowest BCUT2D eigenvalue weighted by Gasteiger charge is -2.24. The Morgan fingerprint density at radius 3 is 2.17 bits per heavy atom. The van der Waals surface area contributed by atoms with Crippen LogP contribution in [0.25, 0.3) is 0 Å². The maximum atomic E-state index is 10.3. The minimum atomic E-state index is -0.667. The second kappa shape index (κ2) is 9.04. The van der Waals surface area contributed by atoms with E-state index >= 15 is 0 Å². The zero-order chi connectivity index (χ0) is 14.0. The Morgan fingerprint density at radius 1 is 1.44 bits per heavy atom. The average molecular weight is 262 g/mol. The molecule has 1 aliphatic heterocycles. The lowest BCUT2D eigenvalue weighted by molar-refractivity contribution is -0.138. The Morgan fingerprint density at radius 2 is 1.94 bits per heavy atom. The number of carbonyl (C=O) groups excluding carboxylic acids is 1. The minimum Gasteiger partial charge on any atom is -0.460 e. The summed E-state index contributed by atoms with van der Waals surface area (Å²) in [6, 6.07) is 0. The van der Waals surface area contributed by atoms with Crippen molar-refractivity contribution >= 4 is 5.97 Å². The monoisotopic (exact) mass is 262 g/mol. The predicted molar refractivity (Wildman–Crippen MR) is 64.9 cm³/mol. The Labute approximate surface area is 107 Å². The van der Waals surface area contributed by atoms with Gasteiger partial charge < -0.3 is 24.8 Å². The molecule has 0 saturated carbocycles. The predicted octanol–water partition coefficient (Wildman–Crippen LogP) is -0.526. The van der Waals surface area contributed by atoms with E-state index in [9.17, 15) is 4.79 Å². The first-order valence-corrected chi connectivity index (χ1v) is 5.80. The van der Waals surface area contributed by atoms with Crippen LogP contribution >= 0.6 is 0 Å². The molecule has 6 nitrogen and oxygen atoms in total. The van der Waals surface area contributed by atoms with Gasteiger partial charge in [-0.1, -0.05) is 13.5 Å². The van der Waals surface area contributed by atoms with Gasteiger partial charge in [0, 0.05) is 11.5 Å². The summed E-state index contributed by atoms with van der Waals surface area (Å²) in [5.74, 6) is -0.384. The molecule has 106 valence electrons. The van der Waals surface area contributed by atoms with Crippen molar-refractivity contribution in [3.05, 3.63) is 12.7 Å². The van der Waals surface area contributed by atoms with Gasteiger partial charge >= 0.3 is 5.97 Å². The summed E-state index contributed by atoms with van der Waals surface area (Å²) in [7, 11) is 0. The smallest absolute Gasteiger partial charge is 0.330 e. The summed E-state index contributed by atoms with van der Waals surface area (Å²) in [5.41, 5.74) is -0.667. The molecule has 0 bridgehead atoms. The highest BCUT2D eigenvalue weighted by atomic mass is 16.6. The van der Waals surface area contributed by atoms with Crippen molar-refractivity contribution < 1.29 is 29.6 Å². The van der Waals surface area contributed by atoms with Gasteiger partial charge in [-0.2, -0.15) is 0 Å². The fourth-order valence-electron chi connectivity index (χ4n) is 0.884. The molecule has 0 spiro atoms. The van der Waals surface area contributed by atoms with Crippen LogP contribution in [0.2, 0.25) is 0 Å². The summed E-state index contributed by atoms with van der Waals surface area (Å²) in [4.78, 5) is 10.3. The summed E-state index contributed by atoms with van der Waals surface area (Å²) in [5, 5.41) is 26.0. The maximum Gasteiger partial charge on any atom is 0.330 e. The number of hydrogen-bond donors (Lipinski definition) is 3. The van der Waals surface area contributed by atoms with E-state index in [1.54, 1.807) is 0 Å². The number of ether oxygens (including phenoxy) is 2. The number of aliphatic hydroxyl groups is 3. The third-order valence-corrected chi connectivity index (χ3v) is 2.74. The Bertz CT molecular complexity index is 227. The van der Waals surface area contributed by atoms with E-state index in [1.165, 1.54) is 0 Å². The molecule has 0 aliphatic carbocycles. The fourth-order valence-corrected chi connectivity index (χ4v) is 0.884. The highest BCUT2D eigenvalue weighted by Gasteiger charge is 2.25. The van der Waals surface area contributed by atoms with Gasteiger partial charge in [-0.3, -0.25) is 0 Å². The first-order chi connectivity index (χ1) is 8.57. The SMILES string of the molecule is C=CC(=O)OCC1CO1.CCC(CO)(CO)CO. The quantitative estimate of drug-likeness (QED) is 0.324. The largest absolute Gasteiger partial charge is 0.460 e. The van der Waals surface area contributed by atoms with Gasteiger partial charge in [0.25, 0.3) is 0 Å². The molecule has 18 heavy (non-hydrogen) atoms. The van der Waals surface area contributed by atoms with Crippen LogP contribution in [0, 0.1) is 5.41 Å². The second-order valence-corrected chi connectivity index (χ2v) is 4.12. The number of carbonyl (C=O) groups is 1. The zero-order valence-corrected chi connectivity index (χ0v) is 10.7. The van der Waals surface area contributed by atoms with E-state index in [0.717, 1.165) is 6.08 Å². The van der Waals surface area contributed by atoms with Crippen molar-refractivity contribution in [1.82, 2.24) is 0 Å². The molecule has 1 fully saturated rings. The third-order valence-electron chi connectivity index (χ3n) is 2.74. The van der Waals surface area contributed by atoms with Crippen LogP contribution in [-0.4, -0.2) is 60.4 Å². The molecule has 0 aromatic rings. The van der Waals surface area contributed by atoms with Crippen LogP contribution in [-0.2, 0) is 14.3 Å². The molecular formula is C12H22O6. The van der Waals surface area contributed by atoms with Crippen LogP contribution in [0.15, 0.2) is 12.7 Å². The molecule has 1 saturated heterocycles. The lowest BCUT2D eigenvalue weighted by Crippen LogP contribution is -2.32. The number of aliphatic hydroxyl groups excluding tert-OH is 3. The zero-order valence-electron chi connectivity index (χ0n) is 10.7. The normalized spacial score (nSPS) is 17.4. The number of epoxide rings is 1. The van der Waals surface area contributed by atoms with Crippen LogP contribution in [0.1, 0.15) is 13.3 Å². The topological polar surface area (TPSA) is 99.5 Å². The molecule has 1 atom stereocenters. The van der Waals surface area contributed by atoms with Crippen molar-refractivity contribution in [3.8, 4) is 0 Å². The molecule has 3 N–H and O–H groups in total. The van der Waals surface area contributed by atoms with Crippen molar-refractivity contribution in [2.45, 2.75) is 19.4 Å². The van der Waals surface area contributed by atoms with E-state index in [0.29, 0.717) is 19.6 Å². The van der Waals surface area contributed by atoms with Crippen LogP contribution in [0.5, 0.6) is 0 Å². The molecule has 1 rings (SSSR count). The first-order valence-electron chi connectivity index (χ1n) is 5.80. The molecule has 0 amide bonds. The maximum absolute atomic E-state index is 10.3. The van der Waals surface area contributed by atoms with E-state index in [1.807, 2.05) is 6.92 Å². The molecule has 1 heterocycles. The van der Waals surface area contributed by atoms with Crippen molar-refractivity contribution in [1.29, 1.82) is 0 Å². The van der Waals surface area contributed by atoms with Crippen LogP contribution in [0.4, 0.5) is 0 Å². The fraction of sp³-hybridized carbons (Fsp3) is 0.750. The Balaban J connectivity index is 0.000000321. The Kier molecular flexibility index (Phi) is 8.57. The molecule has 1 unspecified atom stereocenters. The van der Waals surface area contributed by atoms with Crippen LogP contribution < -0.4 is 0 Å². The second-order valence-electron chi connectivity index (χ2n) is 4.12. The van der Waals surface area contributed by atoms with Crippen molar-refractivity contribution in [2.24, 2.45) is 5.41 Å². The molecular weight excluding hydrogens is 240 g/mol. The highest BCUT2D eigenvalue weighted by Crippen LogP contribution is 2.18. The summed E-state index contributed by atoms with van der Waals surface area (Å²) >= 11 is 0. The highest BCUT2D eigenvalue weighted by molar-refractivity contribution is 5.81. The van der Waals surface area contributed by atoms with Gasteiger partial charge in [0.15, 0.2) is 0 Å². The van der Waals surface area contributed by atoms with E-state index in [4.69, 9.17) is 20.1 Å². The number of esters is 1. The van der Waals surface area contributed by atoms with Gasteiger partial charge in [0.2, 0.25) is 0 Å². The van der Waals surface area contributed by atoms with E-state index < -0.39 is 5.41 Å². The summed E-state index contributed by atoms with van der Waals surface area (Å²) in [6.45, 7) is 5.68. The van der Waals surface area contributed by atoms with Gasteiger partial charge in [-0.15, -0.1) is 0 Å². The lowest BCUT2D eigenvalue weighted by atomic mass is 9.88. The van der Waals surface area contributed by atoms with Crippen LogP contribution in [0.3, 0.4) is 0 Å². The molecule has 6 heteroatoms. The average Bonchev–Trinajstić information content (AvgIpc) is 3.24. The third kappa shape index (κ3) is 6.70. The van der Waals surface area contributed by atoms with Gasteiger partial charge in [-0.25, -0.2) is 4.79 Å². The van der Waals surface area contributed by atoms with Gasteiger partial charge in [-0.05, 0) is 6.42 Å². The molecule has 0 aromatic carbocycles. The first kappa shape index (κ1) is 17.1. The van der Waals surface area contributed by atoms with E-state index in [2.05, 4.69) is 11.3 Å². The molecule has 1 aliphatic rings. The van der Waals surface area contributed by atoms with Gasteiger partial charge in [0.1, 0.15) is 12.7 Å². The minimum absolute atomic E-state index is 0.147. The standard InChI is InChI=1S/C6H8O3.C6H14O3/c1-2-6(7)9-4-5-3-8-5;1-2-6(3-7,4-8)5-9/h2,5H,1,3-4H2;7-9H,2-5H2,1H3. The van der Waals surface area contributed by atoms with E-state index in [-0.39, 0.29) is 31.9 Å².